The number of hydrogen-bond acceptors (Lipinski definition) is 0. The summed E-state index contributed by atoms with van der Waals surface area (Å²) in [6.07, 6.45) is 5.22. The quantitative estimate of drug-likeness (QED) is 0.613. The van der Waals surface area contributed by atoms with Crippen LogP contribution in [0.1, 0.15) is 38.7 Å². The maximum Gasteiger partial charge on any atom is 0.00629 e. The summed E-state index contributed by atoms with van der Waals surface area (Å²) in [5, 5.41) is 1.12. The highest BCUT2D eigenvalue weighted by atomic mass is 79.9. The zero-order valence-corrected chi connectivity index (χ0v) is 12.0. The molecule has 0 aliphatic rings. The van der Waals surface area contributed by atoms with E-state index < -0.39 is 0 Å². The molecule has 2 atom stereocenters. The van der Waals surface area contributed by atoms with Gasteiger partial charge in [0.2, 0.25) is 0 Å². The van der Waals surface area contributed by atoms with Crippen LogP contribution in [-0.2, 0) is 6.42 Å². The maximum atomic E-state index is 3.65. The van der Waals surface area contributed by atoms with E-state index in [-0.39, 0.29) is 0 Å². The zero-order chi connectivity index (χ0) is 11.8. The van der Waals surface area contributed by atoms with Crippen LogP contribution in [0.3, 0.4) is 0 Å². The van der Waals surface area contributed by atoms with E-state index in [1.807, 2.05) is 0 Å². The average Bonchev–Trinajstić information content (AvgIpc) is 2.30. The molecule has 0 radical (unpaired) electrons. The standard InChI is InChI=1S/C15H23Br/c1-3-7-13(2)10-15(12-16)11-14-8-5-4-6-9-14/h4-6,8-9,13,15H,3,7,10-12H2,1-2H3. The predicted molar refractivity (Wildman–Crippen MR) is 76.1 cm³/mol. The van der Waals surface area contributed by atoms with Crippen molar-refractivity contribution in [3.05, 3.63) is 35.9 Å². The van der Waals surface area contributed by atoms with Gasteiger partial charge in [-0.05, 0) is 30.2 Å². The molecule has 1 heteroatoms. The molecule has 0 spiro atoms. The summed E-state index contributed by atoms with van der Waals surface area (Å²) >= 11 is 3.65. The number of hydrogen-bond donors (Lipinski definition) is 0. The first-order chi connectivity index (χ1) is 7.76. The lowest BCUT2D eigenvalue weighted by Crippen LogP contribution is -2.11. The molecule has 2 unspecified atom stereocenters. The summed E-state index contributed by atoms with van der Waals surface area (Å²) in [5.41, 5.74) is 1.47. The molecule has 0 aromatic heterocycles. The van der Waals surface area contributed by atoms with Crippen LogP contribution in [0, 0.1) is 11.8 Å². The van der Waals surface area contributed by atoms with Crippen molar-refractivity contribution in [1.29, 1.82) is 0 Å². The molecule has 0 fully saturated rings. The molecule has 0 saturated carbocycles. The minimum absolute atomic E-state index is 0.781. The van der Waals surface area contributed by atoms with Crippen molar-refractivity contribution < 1.29 is 0 Å². The van der Waals surface area contributed by atoms with E-state index in [1.165, 1.54) is 31.2 Å². The van der Waals surface area contributed by atoms with Crippen LogP contribution in [-0.4, -0.2) is 5.33 Å². The second-order valence-corrected chi connectivity index (χ2v) is 5.49. The van der Waals surface area contributed by atoms with Gasteiger partial charge in [-0.1, -0.05) is 73.0 Å². The third-order valence-electron chi connectivity index (χ3n) is 3.10. The molecule has 0 bridgehead atoms. The topological polar surface area (TPSA) is 0 Å². The average molecular weight is 283 g/mol. The second-order valence-electron chi connectivity index (χ2n) is 4.84. The number of alkyl halides is 1. The highest BCUT2D eigenvalue weighted by Gasteiger charge is 2.12. The van der Waals surface area contributed by atoms with E-state index in [0.717, 1.165) is 17.2 Å². The largest absolute Gasteiger partial charge is 0.0925 e. The smallest absolute Gasteiger partial charge is 0.00629 e. The lowest BCUT2D eigenvalue weighted by Gasteiger charge is -2.18. The van der Waals surface area contributed by atoms with Gasteiger partial charge >= 0.3 is 0 Å². The highest BCUT2D eigenvalue weighted by molar-refractivity contribution is 9.09. The van der Waals surface area contributed by atoms with Gasteiger partial charge in [-0.15, -0.1) is 0 Å². The Balaban J connectivity index is 2.43. The summed E-state index contributed by atoms with van der Waals surface area (Å²) in [4.78, 5) is 0. The van der Waals surface area contributed by atoms with Crippen LogP contribution in [0.25, 0.3) is 0 Å². The predicted octanol–water partition coefficient (Wildman–Crippen LogP) is 5.07. The molecule has 0 aliphatic carbocycles. The Hall–Kier alpha value is -0.300. The van der Waals surface area contributed by atoms with Crippen LogP contribution >= 0.6 is 15.9 Å². The van der Waals surface area contributed by atoms with Gasteiger partial charge in [0.05, 0.1) is 0 Å². The molecule has 90 valence electrons. The lowest BCUT2D eigenvalue weighted by molar-refractivity contribution is 0.396. The first-order valence-corrected chi connectivity index (χ1v) is 7.48. The Morgan fingerprint density at radius 1 is 1.19 bits per heavy atom. The molecule has 1 rings (SSSR count). The molecular weight excluding hydrogens is 260 g/mol. The van der Waals surface area contributed by atoms with Gasteiger partial charge in [-0.3, -0.25) is 0 Å². The van der Waals surface area contributed by atoms with Gasteiger partial charge in [0.15, 0.2) is 0 Å². The van der Waals surface area contributed by atoms with E-state index in [4.69, 9.17) is 0 Å². The van der Waals surface area contributed by atoms with E-state index >= 15 is 0 Å². The minimum atomic E-state index is 0.781. The lowest BCUT2D eigenvalue weighted by atomic mass is 9.89. The molecule has 1 aromatic rings. The van der Waals surface area contributed by atoms with Gasteiger partial charge in [-0.2, -0.15) is 0 Å². The number of rotatable bonds is 7. The Kier molecular flexibility index (Phi) is 6.79. The summed E-state index contributed by atoms with van der Waals surface area (Å²) in [7, 11) is 0. The molecule has 0 nitrogen and oxygen atoms in total. The fourth-order valence-electron chi connectivity index (χ4n) is 2.33. The van der Waals surface area contributed by atoms with Gasteiger partial charge < -0.3 is 0 Å². The first kappa shape index (κ1) is 13.8. The fraction of sp³-hybridized carbons (Fsp3) is 0.600. The van der Waals surface area contributed by atoms with Crippen LogP contribution in [0.5, 0.6) is 0 Å². The Morgan fingerprint density at radius 3 is 2.44 bits per heavy atom. The second kappa shape index (κ2) is 7.89. The maximum absolute atomic E-state index is 3.65. The Labute approximate surface area is 109 Å². The highest BCUT2D eigenvalue weighted by Crippen LogP contribution is 2.22. The molecule has 0 amide bonds. The van der Waals surface area contributed by atoms with Gasteiger partial charge in [0, 0.05) is 5.33 Å². The third kappa shape index (κ3) is 5.16. The molecule has 0 saturated heterocycles. The molecule has 0 aliphatic heterocycles. The minimum Gasteiger partial charge on any atom is -0.0925 e. The normalized spacial score (nSPS) is 14.7. The van der Waals surface area contributed by atoms with Crippen molar-refractivity contribution in [3.63, 3.8) is 0 Å². The summed E-state index contributed by atoms with van der Waals surface area (Å²) in [5.74, 6) is 1.64. The van der Waals surface area contributed by atoms with E-state index in [0.29, 0.717) is 0 Å². The SMILES string of the molecule is CCCC(C)CC(CBr)Cc1ccccc1. The number of benzene rings is 1. The van der Waals surface area contributed by atoms with Crippen molar-refractivity contribution in [2.24, 2.45) is 11.8 Å². The van der Waals surface area contributed by atoms with Crippen LogP contribution in [0.4, 0.5) is 0 Å². The van der Waals surface area contributed by atoms with Crippen LogP contribution in [0.15, 0.2) is 30.3 Å². The van der Waals surface area contributed by atoms with Crippen molar-refractivity contribution >= 4 is 15.9 Å². The summed E-state index contributed by atoms with van der Waals surface area (Å²) in [6.45, 7) is 4.65. The van der Waals surface area contributed by atoms with E-state index in [2.05, 4.69) is 60.1 Å². The van der Waals surface area contributed by atoms with Crippen molar-refractivity contribution in [2.45, 2.75) is 39.5 Å². The van der Waals surface area contributed by atoms with Crippen molar-refractivity contribution in [3.8, 4) is 0 Å². The van der Waals surface area contributed by atoms with Crippen LogP contribution in [0.2, 0.25) is 0 Å². The fourth-order valence-corrected chi connectivity index (χ4v) is 2.82. The molecule has 1 aromatic carbocycles. The molecular formula is C15H23Br. The number of halogens is 1. The van der Waals surface area contributed by atoms with E-state index in [1.54, 1.807) is 0 Å². The van der Waals surface area contributed by atoms with Gasteiger partial charge in [-0.25, -0.2) is 0 Å². The Bertz CT molecular complexity index is 268. The Morgan fingerprint density at radius 2 is 1.88 bits per heavy atom. The molecule has 0 N–H and O–H groups in total. The van der Waals surface area contributed by atoms with Gasteiger partial charge in [0.1, 0.15) is 0 Å². The first-order valence-electron chi connectivity index (χ1n) is 6.36. The van der Waals surface area contributed by atoms with Crippen LogP contribution < -0.4 is 0 Å². The monoisotopic (exact) mass is 282 g/mol. The van der Waals surface area contributed by atoms with Crippen molar-refractivity contribution in [2.75, 3.05) is 5.33 Å². The van der Waals surface area contributed by atoms with Gasteiger partial charge in [0.25, 0.3) is 0 Å². The molecule has 16 heavy (non-hydrogen) atoms. The molecule has 0 heterocycles. The third-order valence-corrected chi connectivity index (χ3v) is 4.02. The van der Waals surface area contributed by atoms with Crippen molar-refractivity contribution in [1.82, 2.24) is 0 Å². The summed E-state index contributed by atoms with van der Waals surface area (Å²) in [6, 6.07) is 10.8. The summed E-state index contributed by atoms with van der Waals surface area (Å²) < 4.78 is 0. The van der Waals surface area contributed by atoms with E-state index in [9.17, 15) is 0 Å². The zero-order valence-electron chi connectivity index (χ0n) is 10.5.